The van der Waals surface area contributed by atoms with E-state index in [1.807, 2.05) is 29.1 Å². The first-order valence-corrected chi connectivity index (χ1v) is 9.33. The Hall–Kier alpha value is -2.14. The molecule has 3 heterocycles. The lowest BCUT2D eigenvalue weighted by Crippen LogP contribution is -2.06. The minimum absolute atomic E-state index is 0.635. The van der Waals surface area contributed by atoms with Gasteiger partial charge >= 0.3 is 0 Å². The number of nitrogens with one attached hydrogen (secondary N) is 1. The van der Waals surface area contributed by atoms with Gasteiger partial charge in [0.2, 0.25) is 0 Å². The summed E-state index contributed by atoms with van der Waals surface area (Å²) in [5, 5.41) is 12.8. The third-order valence-corrected chi connectivity index (χ3v) is 5.74. The lowest BCUT2D eigenvalue weighted by molar-refractivity contribution is 0.758. The smallest absolute Gasteiger partial charge is 0.181 e. The Labute approximate surface area is 151 Å². The average Bonchev–Trinajstić information content (AvgIpc) is 3.55. The topological polar surface area (TPSA) is 55.1 Å². The average molecular weight is 354 g/mol. The Kier molecular flexibility index (Phi) is 3.63. The van der Waals surface area contributed by atoms with Crippen molar-refractivity contribution in [3.63, 3.8) is 0 Å². The third-order valence-electron chi connectivity index (χ3n) is 5.37. The fraction of sp³-hybridized carbons (Fsp3) is 0.421. The molecule has 0 saturated heterocycles. The van der Waals surface area contributed by atoms with Gasteiger partial charge in [0.05, 0.1) is 5.69 Å². The second-order valence-electron chi connectivity index (χ2n) is 7.26. The molecule has 3 aromatic rings. The molecular weight excluding hydrogens is 334 g/mol. The number of aromatic nitrogens is 4. The summed E-state index contributed by atoms with van der Waals surface area (Å²) < 4.78 is 2.03. The van der Waals surface area contributed by atoms with Crippen LogP contribution in [0, 0.1) is 11.8 Å². The minimum Gasteiger partial charge on any atom is -0.383 e. The molecule has 0 spiro atoms. The standard InChI is InChI=1S/C19H20ClN5/c20-18-16(22-11-14-10-15(14)13-3-6-21-7-4-13)5-8-25-17(9-12-1-2-12)23-24-19(18)25/h3-8,12,14-15,22H,1-2,9-11H2. The summed E-state index contributed by atoms with van der Waals surface area (Å²) in [4.78, 5) is 4.09. The van der Waals surface area contributed by atoms with E-state index >= 15 is 0 Å². The molecule has 0 radical (unpaired) electrons. The first-order valence-electron chi connectivity index (χ1n) is 8.95. The fourth-order valence-electron chi connectivity index (χ4n) is 3.56. The molecular formula is C19H20ClN5. The van der Waals surface area contributed by atoms with Crippen LogP contribution in [0.15, 0.2) is 36.8 Å². The van der Waals surface area contributed by atoms with Gasteiger partial charge < -0.3 is 5.32 Å². The van der Waals surface area contributed by atoms with Gasteiger partial charge in [0.25, 0.3) is 0 Å². The van der Waals surface area contributed by atoms with Crippen LogP contribution in [0.4, 0.5) is 5.69 Å². The zero-order valence-electron chi connectivity index (χ0n) is 13.9. The lowest BCUT2D eigenvalue weighted by Gasteiger charge is -2.09. The van der Waals surface area contributed by atoms with Crippen molar-refractivity contribution in [2.75, 3.05) is 11.9 Å². The van der Waals surface area contributed by atoms with E-state index in [0.29, 0.717) is 16.9 Å². The van der Waals surface area contributed by atoms with Crippen LogP contribution in [0.1, 0.15) is 36.6 Å². The highest BCUT2D eigenvalue weighted by molar-refractivity contribution is 6.36. The van der Waals surface area contributed by atoms with Crippen LogP contribution >= 0.6 is 11.6 Å². The van der Waals surface area contributed by atoms with Crippen LogP contribution in [-0.2, 0) is 6.42 Å². The SMILES string of the molecule is Clc1c(NCC2CC2c2ccncc2)ccn2c(CC3CC3)nnc12. The van der Waals surface area contributed by atoms with Gasteiger partial charge in [-0.05, 0) is 60.8 Å². The van der Waals surface area contributed by atoms with Gasteiger partial charge in [-0.1, -0.05) is 11.6 Å². The van der Waals surface area contributed by atoms with Crippen molar-refractivity contribution in [1.82, 2.24) is 19.6 Å². The predicted molar refractivity (Wildman–Crippen MR) is 98.0 cm³/mol. The lowest BCUT2D eigenvalue weighted by atomic mass is 10.1. The highest BCUT2D eigenvalue weighted by Gasteiger charge is 2.37. The number of fused-ring (bicyclic) bond motifs is 1. The Balaban J connectivity index is 1.28. The second-order valence-corrected chi connectivity index (χ2v) is 7.64. The molecule has 0 aromatic carbocycles. The molecule has 2 aliphatic carbocycles. The summed E-state index contributed by atoms with van der Waals surface area (Å²) >= 11 is 6.57. The van der Waals surface area contributed by atoms with Crippen molar-refractivity contribution >= 4 is 22.9 Å². The van der Waals surface area contributed by atoms with E-state index in [2.05, 4.69) is 32.6 Å². The summed E-state index contributed by atoms with van der Waals surface area (Å²) in [5.41, 5.74) is 3.08. The molecule has 0 aliphatic heterocycles. The number of halogens is 1. The Morgan fingerprint density at radius 1 is 1.16 bits per heavy atom. The van der Waals surface area contributed by atoms with Crippen LogP contribution in [0.5, 0.6) is 0 Å². The summed E-state index contributed by atoms with van der Waals surface area (Å²) in [6, 6.07) is 6.27. The van der Waals surface area contributed by atoms with Crippen LogP contribution in [0.3, 0.4) is 0 Å². The molecule has 5 rings (SSSR count). The summed E-state index contributed by atoms with van der Waals surface area (Å²) in [6.45, 7) is 0.923. The quantitative estimate of drug-likeness (QED) is 0.729. The highest BCUT2D eigenvalue weighted by atomic mass is 35.5. The van der Waals surface area contributed by atoms with E-state index in [9.17, 15) is 0 Å². The first-order chi connectivity index (χ1) is 12.3. The summed E-state index contributed by atoms with van der Waals surface area (Å²) in [7, 11) is 0. The normalized spacial score (nSPS) is 22.3. The van der Waals surface area contributed by atoms with Crippen LogP contribution in [-0.4, -0.2) is 26.1 Å². The van der Waals surface area contributed by atoms with E-state index in [1.165, 1.54) is 24.8 Å². The number of hydrogen-bond donors (Lipinski definition) is 1. The van der Waals surface area contributed by atoms with Gasteiger partial charge in [-0.25, -0.2) is 0 Å². The van der Waals surface area contributed by atoms with E-state index in [1.54, 1.807) is 0 Å². The molecule has 0 bridgehead atoms. The Bertz CT molecular complexity index is 903. The molecule has 0 amide bonds. The van der Waals surface area contributed by atoms with E-state index in [-0.39, 0.29) is 0 Å². The molecule has 2 aliphatic rings. The number of pyridine rings is 2. The second kappa shape index (κ2) is 5.99. The largest absolute Gasteiger partial charge is 0.383 e. The zero-order valence-corrected chi connectivity index (χ0v) is 14.7. The maximum Gasteiger partial charge on any atom is 0.181 e. The van der Waals surface area contributed by atoms with Gasteiger partial charge in [0.1, 0.15) is 10.8 Å². The molecule has 128 valence electrons. The van der Waals surface area contributed by atoms with Gasteiger partial charge in [0, 0.05) is 31.6 Å². The summed E-state index contributed by atoms with van der Waals surface area (Å²) in [6.07, 6.45) is 10.6. The predicted octanol–water partition coefficient (Wildman–Crippen LogP) is 3.95. The van der Waals surface area contributed by atoms with Gasteiger partial charge in [-0.15, -0.1) is 10.2 Å². The maximum absolute atomic E-state index is 6.57. The molecule has 6 heteroatoms. The van der Waals surface area contributed by atoms with Crippen molar-refractivity contribution in [2.24, 2.45) is 11.8 Å². The molecule has 1 N–H and O–H groups in total. The van der Waals surface area contributed by atoms with Crippen LogP contribution in [0.2, 0.25) is 5.02 Å². The molecule has 5 nitrogen and oxygen atoms in total. The number of anilines is 1. The molecule has 2 unspecified atom stereocenters. The van der Waals surface area contributed by atoms with Crippen molar-refractivity contribution in [2.45, 2.75) is 31.6 Å². The van der Waals surface area contributed by atoms with E-state index < -0.39 is 0 Å². The van der Waals surface area contributed by atoms with Crippen molar-refractivity contribution in [3.8, 4) is 0 Å². The third kappa shape index (κ3) is 2.97. The van der Waals surface area contributed by atoms with Crippen LogP contribution in [0.25, 0.3) is 5.65 Å². The number of nitrogens with zero attached hydrogens (tertiary/aromatic N) is 4. The molecule has 2 saturated carbocycles. The number of hydrogen-bond acceptors (Lipinski definition) is 4. The fourth-order valence-corrected chi connectivity index (χ4v) is 3.82. The van der Waals surface area contributed by atoms with Crippen LogP contribution < -0.4 is 5.32 Å². The monoisotopic (exact) mass is 353 g/mol. The zero-order chi connectivity index (χ0) is 16.8. The number of rotatable bonds is 6. The van der Waals surface area contributed by atoms with Gasteiger partial charge in [-0.2, -0.15) is 0 Å². The molecule has 25 heavy (non-hydrogen) atoms. The van der Waals surface area contributed by atoms with Gasteiger partial charge in [0.15, 0.2) is 5.65 Å². The first kappa shape index (κ1) is 15.1. The summed E-state index contributed by atoms with van der Waals surface area (Å²) in [5.74, 6) is 3.09. The van der Waals surface area contributed by atoms with Crippen molar-refractivity contribution < 1.29 is 0 Å². The molecule has 3 aromatic heterocycles. The highest BCUT2D eigenvalue weighted by Crippen LogP contribution is 2.47. The van der Waals surface area contributed by atoms with Gasteiger partial charge in [-0.3, -0.25) is 9.38 Å². The van der Waals surface area contributed by atoms with E-state index in [0.717, 1.165) is 36.0 Å². The molecule has 2 fully saturated rings. The minimum atomic E-state index is 0.635. The Morgan fingerprint density at radius 2 is 2.00 bits per heavy atom. The van der Waals surface area contributed by atoms with E-state index in [4.69, 9.17) is 11.6 Å². The maximum atomic E-state index is 6.57. The van der Waals surface area contributed by atoms with Crippen molar-refractivity contribution in [3.05, 3.63) is 53.2 Å². The molecule has 2 atom stereocenters. The van der Waals surface area contributed by atoms with Crippen molar-refractivity contribution in [1.29, 1.82) is 0 Å². The Morgan fingerprint density at radius 3 is 2.80 bits per heavy atom.